The summed E-state index contributed by atoms with van der Waals surface area (Å²) in [6, 6.07) is 4.45. The molecule has 0 heterocycles. The molecule has 1 aromatic rings. The van der Waals surface area contributed by atoms with E-state index < -0.39 is 23.1 Å². The molecule has 0 bridgehead atoms. The van der Waals surface area contributed by atoms with Gasteiger partial charge in [-0.25, -0.2) is 8.78 Å². The Hall–Kier alpha value is -2.67. The van der Waals surface area contributed by atoms with Crippen LogP contribution in [0.5, 0.6) is 5.75 Å². The largest absolute Gasteiger partial charge is 0.503 e. The van der Waals surface area contributed by atoms with Gasteiger partial charge in [-0.05, 0) is 0 Å². The van der Waals surface area contributed by atoms with Crippen LogP contribution >= 0.6 is 0 Å². The fourth-order valence-corrected chi connectivity index (χ4v) is 0.826. The highest BCUT2D eigenvalue weighted by Crippen LogP contribution is 2.23. The Morgan fingerprint density at radius 3 is 2.19 bits per heavy atom. The number of hydrogen-bond acceptors (Lipinski definition) is 5. The van der Waals surface area contributed by atoms with Crippen molar-refractivity contribution in [3.8, 4) is 17.9 Å². The molecule has 0 unspecified atom stereocenters. The molecule has 5 nitrogen and oxygen atoms in total. The first kappa shape index (κ1) is 11.4. The molecule has 0 aliphatic carbocycles. The van der Waals surface area contributed by atoms with E-state index in [2.05, 4.69) is 10.5 Å². The molecule has 0 amide bonds. The van der Waals surface area contributed by atoms with E-state index in [0.717, 1.165) is 12.1 Å². The van der Waals surface area contributed by atoms with E-state index >= 15 is 0 Å². The molecule has 0 aromatic heterocycles. The van der Waals surface area contributed by atoms with E-state index in [-0.39, 0.29) is 5.69 Å². The van der Waals surface area contributed by atoms with Crippen LogP contribution in [-0.4, -0.2) is 10.8 Å². The van der Waals surface area contributed by atoms with Crippen LogP contribution in [0, 0.1) is 34.3 Å². The quantitative estimate of drug-likeness (QED) is 0.450. The number of hydrogen-bond donors (Lipinski definition) is 2. The highest BCUT2D eigenvalue weighted by Gasteiger charge is 2.09. The van der Waals surface area contributed by atoms with Crippen molar-refractivity contribution in [2.24, 2.45) is 5.10 Å². The van der Waals surface area contributed by atoms with Crippen LogP contribution in [0.25, 0.3) is 0 Å². The minimum absolute atomic E-state index is 0.129. The third-order valence-corrected chi connectivity index (χ3v) is 1.53. The molecule has 0 saturated heterocycles. The molecule has 1 aromatic carbocycles. The van der Waals surface area contributed by atoms with Crippen LogP contribution in [-0.2, 0) is 0 Å². The molecule has 0 aliphatic rings. The van der Waals surface area contributed by atoms with Gasteiger partial charge >= 0.3 is 0 Å². The predicted molar refractivity (Wildman–Crippen MR) is 50.3 cm³/mol. The first-order chi connectivity index (χ1) is 7.58. The van der Waals surface area contributed by atoms with Gasteiger partial charge in [0.1, 0.15) is 12.1 Å². The first-order valence-corrected chi connectivity index (χ1v) is 3.90. The molecule has 2 N–H and O–H groups in total. The average molecular weight is 222 g/mol. The molecule has 80 valence electrons. The first-order valence-electron chi connectivity index (χ1n) is 3.90. The topological polar surface area (TPSA) is 92.2 Å². The monoisotopic (exact) mass is 222 g/mol. The van der Waals surface area contributed by atoms with Gasteiger partial charge in [-0.2, -0.15) is 15.6 Å². The van der Waals surface area contributed by atoms with E-state index in [0.29, 0.717) is 0 Å². The van der Waals surface area contributed by atoms with Gasteiger partial charge in [0.2, 0.25) is 5.71 Å². The number of nitrogens with one attached hydrogen (secondary N) is 1. The Labute approximate surface area is 88.9 Å². The van der Waals surface area contributed by atoms with Crippen molar-refractivity contribution in [3.05, 3.63) is 23.8 Å². The maximum Gasteiger partial charge on any atom is 0.237 e. The number of anilines is 1. The number of phenolic OH excluding ortho intramolecular Hbond substituents is 1. The molecular formula is C9H4F2N4O. The van der Waals surface area contributed by atoms with Gasteiger partial charge in [0, 0.05) is 12.1 Å². The lowest BCUT2D eigenvalue weighted by Gasteiger charge is -2.02. The highest BCUT2D eigenvalue weighted by atomic mass is 19.1. The highest BCUT2D eigenvalue weighted by molar-refractivity contribution is 6.10. The summed E-state index contributed by atoms with van der Waals surface area (Å²) in [4.78, 5) is 0. The SMILES string of the molecule is N#CC(C#N)=NNc1cc(F)c(O)c(F)c1. The molecule has 16 heavy (non-hydrogen) atoms. The summed E-state index contributed by atoms with van der Waals surface area (Å²) in [6.07, 6.45) is 0. The van der Waals surface area contributed by atoms with Gasteiger partial charge in [-0.15, -0.1) is 0 Å². The van der Waals surface area contributed by atoms with Crippen LogP contribution in [0.1, 0.15) is 0 Å². The second-order valence-corrected chi connectivity index (χ2v) is 2.58. The number of halogens is 2. The van der Waals surface area contributed by atoms with E-state index in [1.807, 2.05) is 0 Å². The van der Waals surface area contributed by atoms with Gasteiger partial charge in [0.25, 0.3) is 0 Å². The molecular weight excluding hydrogens is 218 g/mol. The molecule has 0 atom stereocenters. The van der Waals surface area contributed by atoms with Crippen LogP contribution in [0.2, 0.25) is 0 Å². The summed E-state index contributed by atoms with van der Waals surface area (Å²) >= 11 is 0. The Morgan fingerprint density at radius 2 is 1.75 bits per heavy atom. The molecule has 0 saturated carbocycles. The third kappa shape index (κ3) is 2.42. The number of nitriles is 2. The molecule has 0 aliphatic heterocycles. The number of benzene rings is 1. The second-order valence-electron chi connectivity index (χ2n) is 2.58. The average Bonchev–Trinajstić information content (AvgIpc) is 2.27. The smallest absolute Gasteiger partial charge is 0.237 e. The standard InChI is InChI=1S/C9H4F2N4O/c10-7-1-5(2-8(11)9(7)16)14-15-6(3-12)4-13/h1-2,14,16H. The fourth-order valence-electron chi connectivity index (χ4n) is 0.826. The van der Waals surface area contributed by atoms with E-state index in [9.17, 15) is 8.78 Å². The number of rotatable bonds is 2. The summed E-state index contributed by atoms with van der Waals surface area (Å²) in [5.74, 6) is -3.45. The zero-order chi connectivity index (χ0) is 12.1. The number of nitrogens with zero attached hydrogens (tertiary/aromatic N) is 3. The van der Waals surface area contributed by atoms with Crippen LogP contribution in [0.3, 0.4) is 0 Å². The third-order valence-electron chi connectivity index (χ3n) is 1.53. The van der Waals surface area contributed by atoms with Crippen molar-refractivity contribution in [3.63, 3.8) is 0 Å². The van der Waals surface area contributed by atoms with E-state index in [1.165, 1.54) is 12.1 Å². The molecule has 1 rings (SSSR count). The molecule has 0 radical (unpaired) electrons. The van der Waals surface area contributed by atoms with Crippen molar-refractivity contribution in [1.82, 2.24) is 0 Å². The Kier molecular flexibility index (Phi) is 3.36. The zero-order valence-corrected chi connectivity index (χ0v) is 7.70. The van der Waals surface area contributed by atoms with Crippen LogP contribution in [0.4, 0.5) is 14.5 Å². The van der Waals surface area contributed by atoms with E-state index in [4.69, 9.17) is 15.6 Å². The summed E-state index contributed by atoms with van der Waals surface area (Å²) in [6.45, 7) is 0. The molecule has 0 fully saturated rings. The predicted octanol–water partition coefficient (Wildman–Crippen LogP) is 1.49. The van der Waals surface area contributed by atoms with Gasteiger partial charge in [0.05, 0.1) is 5.69 Å². The van der Waals surface area contributed by atoms with Crippen molar-refractivity contribution in [2.45, 2.75) is 0 Å². The number of hydrazone groups is 1. The van der Waals surface area contributed by atoms with Crippen molar-refractivity contribution >= 4 is 11.4 Å². The van der Waals surface area contributed by atoms with Gasteiger partial charge in [-0.3, -0.25) is 5.43 Å². The minimum Gasteiger partial charge on any atom is -0.503 e. The van der Waals surface area contributed by atoms with Crippen molar-refractivity contribution in [2.75, 3.05) is 5.43 Å². The summed E-state index contributed by atoms with van der Waals surface area (Å²) in [5.41, 5.74) is 1.49. The minimum atomic E-state index is -1.17. The lowest BCUT2D eigenvalue weighted by Crippen LogP contribution is -1.97. The zero-order valence-electron chi connectivity index (χ0n) is 7.70. The number of aromatic hydroxyl groups is 1. The molecule has 7 heteroatoms. The maximum atomic E-state index is 12.8. The second kappa shape index (κ2) is 4.71. The van der Waals surface area contributed by atoms with Crippen molar-refractivity contribution in [1.29, 1.82) is 10.5 Å². The Balaban J connectivity index is 2.98. The maximum absolute atomic E-state index is 12.8. The number of phenols is 1. The lowest BCUT2D eigenvalue weighted by atomic mass is 10.3. The van der Waals surface area contributed by atoms with Gasteiger partial charge < -0.3 is 5.11 Å². The Bertz CT molecular complexity index is 488. The summed E-state index contributed by atoms with van der Waals surface area (Å²) in [7, 11) is 0. The summed E-state index contributed by atoms with van der Waals surface area (Å²) in [5, 5.41) is 28.7. The van der Waals surface area contributed by atoms with Gasteiger partial charge in [-0.1, -0.05) is 0 Å². The van der Waals surface area contributed by atoms with Gasteiger partial charge in [0.15, 0.2) is 17.4 Å². The lowest BCUT2D eigenvalue weighted by molar-refractivity contribution is 0.396. The summed E-state index contributed by atoms with van der Waals surface area (Å²) < 4.78 is 25.6. The van der Waals surface area contributed by atoms with E-state index in [1.54, 1.807) is 0 Å². The Morgan fingerprint density at radius 1 is 1.25 bits per heavy atom. The van der Waals surface area contributed by atoms with Crippen LogP contribution < -0.4 is 5.43 Å². The molecule has 0 spiro atoms. The normalized spacial score (nSPS) is 8.75. The fraction of sp³-hybridized carbons (Fsp3) is 0. The van der Waals surface area contributed by atoms with Crippen molar-refractivity contribution < 1.29 is 13.9 Å². The van der Waals surface area contributed by atoms with Crippen LogP contribution in [0.15, 0.2) is 17.2 Å².